The van der Waals surface area contributed by atoms with Gasteiger partial charge < -0.3 is 15.1 Å². The van der Waals surface area contributed by atoms with Crippen LogP contribution in [0.25, 0.3) is 0 Å². The van der Waals surface area contributed by atoms with Gasteiger partial charge in [0.25, 0.3) is 5.91 Å². The molecule has 1 N–H and O–H groups in total. The average Bonchev–Trinajstić information content (AvgIpc) is 2.80. The maximum absolute atomic E-state index is 12.7. The largest absolute Gasteiger partial charge is 0.416 e. The molecule has 7 nitrogen and oxygen atoms in total. The van der Waals surface area contributed by atoms with Gasteiger partial charge in [-0.25, -0.2) is 4.98 Å². The number of piperazine rings is 1. The molecule has 0 spiro atoms. The molecule has 0 bridgehead atoms. The van der Waals surface area contributed by atoms with Crippen LogP contribution in [0.1, 0.15) is 21.5 Å². The first-order chi connectivity index (χ1) is 15.3. The van der Waals surface area contributed by atoms with E-state index in [0.717, 1.165) is 17.7 Å². The summed E-state index contributed by atoms with van der Waals surface area (Å²) in [6.45, 7) is 3.94. The molecule has 1 aliphatic heterocycles. The van der Waals surface area contributed by atoms with Gasteiger partial charge >= 0.3 is 6.18 Å². The number of carbonyl (C=O) groups excluding carboxylic acids is 1. The first-order valence-electron chi connectivity index (χ1n) is 10.0. The van der Waals surface area contributed by atoms with Crippen molar-refractivity contribution in [2.45, 2.75) is 13.1 Å². The molecule has 1 amide bonds. The van der Waals surface area contributed by atoms with E-state index < -0.39 is 11.7 Å². The highest BCUT2D eigenvalue weighted by molar-refractivity contribution is 5.94. The number of carbonyl (C=O) groups is 1. The Morgan fingerprint density at radius 2 is 1.59 bits per heavy atom. The van der Waals surface area contributed by atoms with Gasteiger partial charge in [-0.3, -0.25) is 4.79 Å². The number of amides is 1. The predicted molar refractivity (Wildman–Crippen MR) is 114 cm³/mol. The monoisotopic (exact) mass is 442 g/mol. The Hall–Kier alpha value is -3.69. The molecule has 2 aromatic heterocycles. The third-order valence-electron chi connectivity index (χ3n) is 5.17. The van der Waals surface area contributed by atoms with Crippen LogP contribution in [-0.4, -0.2) is 52.2 Å². The molecule has 32 heavy (non-hydrogen) atoms. The van der Waals surface area contributed by atoms with E-state index in [9.17, 15) is 18.0 Å². The summed E-state index contributed by atoms with van der Waals surface area (Å²) in [4.78, 5) is 20.5. The van der Waals surface area contributed by atoms with E-state index in [2.05, 4.69) is 20.5 Å². The second kappa shape index (κ2) is 8.81. The summed E-state index contributed by atoms with van der Waals surface area (Å²) in [5, 5.41) is 11.5. The van der Waals surface area contributed by atoms with Gasteiger partial charge in [-0.15, -0.1) is 10.2 Å². The van der Waals surface area contributed by atoms with Crippen molar-refractivity contribution < 1.29 is 18.0 Å². The zero-order valence-electron chi connectivity index (χ0n) is 17.3. The van der Waals surface area contributed by atoms with Crippen LogP contribution >= 0.6 is 0 Å². The molecule has 10 heteroatoms. The van der Waals surface area contributed by atoms with Crippen molar-refractivity contribution in [3.63, 3.8) is 0 Å². The minimum atomic E-state index is -4.42. The number of benzene rings is 1. The first-order valence-corrected chi connectivity index (χ1v) is 10.0. The van der Waals surface area contributed by atoms with Crippen molar-refractivity contribution in [1.29, 1.82) is 0 Å². The van der Waals surface area contributed by atoms with Crippen molar-refractivity contribution in [3.05, 3.63) is 71.4 Å². The molecule has 0 radical (unpaired) electrons. The number of aryl methyl sites for hydroxylation is 1. The summed E-state index contributed by atoms with van der Waals surface area (Å²) in [5.41, 5.74) is 0.535. The van der Waals surface area contributed by atoms with Crippen LogP contribution in [0, 0.1) is 6.92 Å². The first kappa shape index (κ1) is 21.5. The third kappa shape index (κ3) is 4.96. The van der Waals surface area contributed by atoms with Crippen LogP contribution in [0.3, 0.4) is 0 Å². The molecule has 166 valence electrons. The van der Waals surface area contributed by atoms with E-state index in [1.807, 2.05) is 36.1 Å². The van der Waals surface area contributed by atoms with Crippen molar-refractivity contribution in [2.24, 2.45) is 0 Å². The van der Waals surface area contributed by atoms with Gasteiger partial charge in [0, 0.05) is 37.9 Å². The molecule has 0 atom stereocenters. The van der Waals surface area contributed by atoms with Crippen molar-refractivity contribution in [3.8, 4) is 0 Å². The average molecular weight is 442 g/mol. The maximum atomic E-state index is 12.7. The summed E-state index contributed by atoms with van der Waals surface area (Å²) >= 11 is 0. The molecule has 0 saturated carbocycles. The van der Waals surface area contributed by atoms with Crippen molar-refractivity contribution >= 4 is 23.4 Å². The summed E-state index contributed by atoms with van der Waals surface area (Å²) in [7, 11) is 0. The molecule has 1 fully saturated rings. The van der Waals surface area contributed by atoms with Gasteiger partial charge in [0.05, 0.1) is 5.56 Å². The smallest absolute Gasteiger partial charge is 0.352 e. The van der Waals surface area contributed by atoms with E-state index >= 15 is 0 Å². The summed E-state index contributed by atoms with van der Waals surface area (Å²) < 4.78 is 38.1. The van der Waals surface area contributed by atoms with Gasteiger partial charge in [-0.1, -0.05) is 6.07 Å². The van der Waals surface area contributed by atoms with E-state index in [-0.39, 0.29) is 11.5 Å². The van der Waals surface area contributed by atoms with Crippen molar-refractivity contribution in [2.75, 3.05) is 36.4 Å². The highest BCUT2D eigenvalue weighted by Crippen LogP contribution is 2.29. The molecular formula is C22H21F3N6O. The van der Waals surface area contributed by atoms with E-state index in [4.69, 9.17) is 0 Å². The van der Waals surface area contributed by atoms with E-state index in [0.29, 0.717) is 43.6 Å². The number of anilines is 3. The predicted octanol–water partition coefficient (Wildman–Crippen LogP) is 3.90. The lowest BCUT2D eigenvalue weighted by atomic mass is 10.1. The molecule has 1 aromatic carbocycles. The number of hydrogen-bond acceptors (Lipinski definition) is 6. The fourth-order valence-electron chi connectivity index (χ4n) is 3.36. The van der Waals surface area contributed by atoms with E-state index in [1.165, 1.54) is 12.1 Å². The lowest BCUT2D eigenvalue weighted by molar-refractivity contribution is -0.137. The van der Waals surface area contributed by atoms with Crippen LogP contribution in [0.5, 0.6) is 0 Å². The number of pyridine rings is 1. The summed E-state index contributed by atoms with van der Waals surface area (Å²) in [6.07, 6.45) is -2.66. The minimum Gasteiger partial charge on any atom is -0.352 e. The molecule has 3 heterocycles. The Morgan fingerprint density at radius 1 is 0.906 bits per heavy atom. The fraction of sp³-hybridized carbons (Fsp3) is 0.273. The van der Waals surface area contributed by atoms with Crippen LogP contribution in [0.2, 0.25) is 0 Å². The number of alkyl halides is 3. The summed E-state index contributed by atoms with van der Waals surface area (Å²) in [5.74, 6) is 1.65. The SMILES string of the molecule is Cc1ccc(Nc2ccc(N3CCN(C(=O)c4ccc(C(F)(F)F)cc4)CC3)nn2)nc1. The highest BCUT2D eigenvalue weighted by atomic mass is 19.4. The van der Waals surface area contributed by atoms with Gasteiger partial charge in [0.1, 0.15) is 5.82 Å². The molecule has 3 aromatic rings. The van der Waals surface area contributed by atoms with Gasteiger partial charge in [-0.05, 0) is 55.0 Å². The molecule has 4 rings (SSSR count). The van der Waals surface area contributed by atoms with Crippen molar-refractivity contribution in [1.82, 2.24) is 20.1 Å². The Bertz CT molecular complexity index is 1060. The maximum Gasteiger partial charge on any atom is 0.416 e. The Kier molecular flexibility index (Phi) is 5.93. The Morgan fingerprint density at radius 3 is 2.16 bits per heavy atom. The van der Waals surface area contributed by atoms with Gasteiger partial charge in [-0.2, -0.15) is 13.2 Å². The Balaban J connectivity index is 1.33. The normalized spacial score (nSPS) is 14.4. The fourth-order valence-corrected chi connectivity index (χ4v) is 3.36. The Labute approximate surface area is 182 Å². The number of halogens is 3. The number of rotatable bonds is 4. The van der Waals surface area contributed by atoms with Crippen LogP contribution in [-0.2, 0) is 6.18 Å². The zero-order chi connectivity index (χ0) is 22.7. The lowest BCUT2D eigenvalue weighted by Crippen LogP contribution is -2.49. The molecule has 0 aliphatic carbocycles. The number of aromatic nitrogens is 3. The molecule has 1 aliphatic rings. The quantitative estimate of drug-likeness (QED) is 0.661. The number of nitrogens with zero attached hydrogens (tertiary/aromatic N) is 5. The van der Waals surface area contributed by atoms with Gasteiger partial charge in [0.15, 0.2) is 11.6 Å². The number of hydrogen-bond donors (Lipinski definition) is 1. The standard InChI is InChI=1S/C22H21F3N6O/c1-15-2-7-18(26-14-15)27-19-8-9-20(29-28-19)30-10-12-31(13-11-30)21(32)16-3-5-17(6-4-16)22(23,24)25/h2-9,14H,10-13H2,1H3,(H,26,27,28). The van der Waals surface area contributed by atoms with E-state index in [1.54, 1.807) is 11.1 Å². The molecule has 1 saturated heterocycles. The molecular weight excluding hydrogens is 421 g/mol. The lowest BCUT2D eigenvalue weighted by Gasteiger charge is -2.35. The third-order valence-corrected chi connectivity index (χ3v) is 5.17. The summed E-state index contributed by atoms with van der Waals surface area (Å²) in [6, 6.07) is 11.8. The van der Waals surface area contributed by atoms with Crippen LogP contribution < -0.4 is 10.2 Å². The van der Waals surface area contributed by atoms with Crippen LogP contribution in [0.4, 0.5) is 30.6 Å². The van der Waals surface area contributed by atoms with Gasteiger partial charge in [0.2, 0.25) is 0 Å². The minimum absolute atomic E-state index is 0.242. The topological polar surface area (TPSA) is 74.2 Å². The second-order valence-corrected chi connectivity index (χ2v) is 7.48. The molecule has 0 unspecified atom stereocenters. The van der Waals surface area contributed by atoms with Crippen LogP contribution in [0.15, 0.2) is 54.7 Å². The zero-order valence-corrected chi connectivity index (χ0v) is 17.3. The second-order valence-electron chi connectivity index (χ2n) is 7.48. The number of nitrogens with one attached hydrogen (secondary N) is 1. The highest BCUT2D eigenvalue weighted by Gasteiger charge is 2.30.